The van der Waals surface area contributed by atoms with Crippen LogP contribution in [0.5, 0.6) is 0 Å². The number of nitrogens with zero attached hydrogens (tertiary/aromatic N) is 2. The molecule has 26 heavy (non-hydrogen) atoms. The van der Waals surface area contributed by atoms with E-state index in [1.165, 1.54) is 17.3 Å². The third-order valence-electron chi connectivity index (χ3n) is 4.36. The maximum absolute atomic E-state index is 12.8. The monoisotopic (exact) mass is 353 g/mol. The number of benzene rings is 1. The van der Waals surface area contributed by atoms with E-state index in [4.69, 9.17) is 0 Å². The summed E-state index contributed by atoms with van der Waals surface area (Å²) in [6.45, 7) is 0.420. The molecule has 1 aromatic heterocycles. The first-order valence-corrected chi connectivity index (χ1v) is 8.41. The van der Waals surface area contributed by atoms with Gasteiger partial charge in [-0.2, -0.15) is 0 Å². The lowest BCUT2D eigenvalue weighted by molar-refractivity contribution is -0.143. The van der Waals surface area contributed by atoms with E-state index in [0.29, 0.717) is 29.8 Å². The van der Waals surface area contributed by atoms with Crippen LogP contribution in [0.4, 0.5) is 5.69 Å². The van der Waals surface area contributed by atoms with Gasteiger partial charge >= 0.3 is 5.97 Å². The number of hydrogen-bond donors (Lipinski definition) is 2. The molecular formula is C19H19N3O4. The quantitative estimate of drug-likeness (QED) is 0.879. The van der Waals surface area contributed by atoms with Crippen LogP contribution < -0.4 is 5.32 Å². The molecule has 1 unspecified atom stereocenters. The molecule has 2 amide bonds. The molecule has 1 aliphatic rings. The first-order chi connectivity index (χ1) is 12.6. The Morgan fingerprint density at radius 3 is 2.58 bits per heavy atom. The molecule has 2 aromatic rings. The Hall–Kier alpha value is -3.22. The molecule has 2 N–H and O–H groups in total. The molecule has 0 aliphatic carbocycles. The molecule has 1 aliphatic heterocycles. The minimum absolute atomic E-state index is 0.307. The number of carboxylic acids is 1. The van der Waals surface area contributed by atoms with E-state index in [2.05, 4.69) is 10.3 Å². The fraction of sp³-hybridized carbons (Fsp3) is 0.263. The van der Waals surface area contributed by atoms with Crippen LogP contribution in [0.25, 0.3) is 0 Å². The highest BCUT2D eigenvalue weighted by Crippen LogP contribution is 2.21. The van der Waals surface area contributed by atoms with E-state index in [-0.39, 0.29) is 11.8 Å². The number of likely N-dealkylation sites (tertiary alicyclic amines) is 1. The highest BCUT2D eigenvalue weighted by atomic mass is 16.4. The van der Waals surface area contributed by atoms with Crippen molar-refractivity contribution in [1.29, 1.82) is 0 Å². The molecule has 0 radical (unpaired) electrons. The van der Waals surface area contributed by atoms with Crippen LogP contribution in [-0.2, 0) is 4.79 Å². The predicted molar refractivity (Wildman–Crippen MR) is 94.9 cm³/mol. The van der Waals surface area contributed by atoms with Crippen molar-refractivity contribution in [1.82, 2.24) is 9.88 Å². The van der Waals surface area contributed by atoms with E-state index in [1.807, 2.05) is 0 Å². The number of hydrogen-bond acceptors (Lipinski definition) is 4. The third kappa shape index (κ3) is 3.88. The van der Waals surface area contributed by atoms with E-state index < -0.39 is 12.0 Å². The van der Waals surface area contributed by atoms with Gasteiger partial charge in [-0.25, -0.2) is 4.79 Å². The van der Waals surface area contributed by atoms with Gasteiger partial charge in [-0.15, -0.1) is 0 Å². The van der Waals surface area contributed by atoms with Gasteiger partial charge in [-0.3, -0.25) is 14.6 Å². The second-order valence-corrected chi connectivity index (χ2v) is 6.12. The van der Waals surface area contributed by atoms with Gasteiger partial charge in [0.25, 0.3) is 11.8 Å². The van der Waals surface area contributed by atoms with Crippen molar-refractivity contribution in [2.75, 3.05) is 11.9 Å². The Labute approximate surface area is 150 Å². The first-order valence-electron chi connectivity index (χ1n) is 8.41. The van der Waals surface area contributed by atoms with Crippen molar-refractivity contribution in [2.24, 2.45) is 0 Å². The zero-order valence-corrected chi connectivity index (χ0v) is 14.1. The molecule has 134 valence electrons. The van der Waals surface area contributed by atoms with Crippen molar-refractivity contribution in [3.05, 3.63) is 59.9 Å². The Balaban J connectivity index is 1.77. The van der Waals surface area contributed by atoms with Crippen LogP contribution in [0.3, 0.4) is 0 Å². The Kier molecular flexibility index (Phi) is 5.26. The highest BCUT2D eigenvalue weighted by Gasteiger charge is 2.32. The Morgan fingerprint density at radius 2 is 1.85 bits per heavy atom. The zero-order chi connectivity index (χ0) is 18.5. The number of nitrogens with one attached hydrogen (secondary N) is 1. The number of piperidine rings is 1. The fourth-order valence-electron chi connectivity index (χ4n) is 3.03. The summed E-state index contributed by atoms with van der Waals surface area (Å²) in [6.07, 6.45) is 5.09. The van der Waals surface area contributed by atoms with Crippen LogP contribution >= 0.6 is 0 Å². The number of anilines is 1. The molecule has 1 saturated heterocycles. The highest BCUT2D eigenvalue weighted by molar-refractivity contribution is 6.05. The normalized spacial score (nSPS) is 16.8. The maximum atomic E-state index is 12.8. The second kappa shape index (κ2) is 7.77. The molecule has 1 aromatic carbocycles. The number of amides is 2. The third-order valence-corrected chi connectivity index (χ3v) is 4.36. The van der Waals surface area contributed by atoms with Gasteiger partial charge in [-0.05, 0) is 49.6 Å². The summed E-state index contributed by atoms with van der Waals surface area (Å²) >= 11 is 0. The molecule has 1 fully saturated rings. The van der Waals surface area contributed by atoms with E-state index in [0.717, 1.165) is 12.8 Å². The SMILES string of the molecule is O=C(Nc1cccc(C(=O)N2CCCCC2C(=O)O)c1)c1ccncc1. The summed E-state index contributed by atoms with van der Waals surface area (Å²) in [7, 11) is 0. The van der Waals surface area contributed by atoms with Crippen LogP contribution in [-0.4, -0.2) is 45.4 Å². The van der Waals surface area contributed by atoms with Crippen LogP contribution in [0.1, 0.15) is 40.0 Å². The topological polar surface area (TPSA) is 99.6 Å². The average Bonchev–Trinajstić information content (AvgIpc) is 2.68. The molecule has 3 rings (SSSR count). The number of aliphatic carboxylic acids is 1. The minimum atomic E-state index is -0.986. The maximum Gasteiger partial charge on any atom is 0.326 e. The van der Waals surface area contributed by atoms with Gasteiger partial charge in [-0.1, -0.05) is 6.07 Å². The van der Waals surface area contributed by atoms with Crippen molar-refractivity contribution < 1.29 is 19.5 Å². The second-order valence-electron chi connectivity index (χ2n) is 6.12. The summed E-state index contributed by atoms with van der Waals surface area (Å²) in [5.74, 6) is -1.63. The van der Waals surface area contributed by atoms with Crippen molar-refractivity contribution in [2.45, 2.75) is 25.3 Å². The van der Waals surface area contributed by atoms with Crippen molar-refractivity contribution in [3.8, 4) is 0 Å². The van der Waals surface area contributed by atoms with Gasteiger partial charge in [0.1, 0.15) is 6.04 Å². The van der Waals surface area contributed by atoms with Crippen LogP contribution in [0, 0.1) is 0 Å². The molecule has 2 heterocycles. The van der Waals surface area contributed by atoms with Gasteiger partial charge in [0.2, 0.25) is 0 Å². The van der Waals surface area contributed by atoms with Crippen molar-refractivity contribution in [3.63, 3.8) is 0 Å². The summed E-state index contributed by atoms with van der Waals surface area (Å²) in [5, 5.41) is 12.1. The number of carbonyl (C=O) groups excluding carboxylic acids is 2. The molecular weight excluding hydrogens is 334 g/mol. The number of aromatic nitrogens is 1. The minimum Gasteiger partial charge on any atom is -0.480 e. The Morgan fingerprint density at radius 1 is 1.08 bits per heavy atom. The van der Waals surface area contributed by atoms with Gasteiger partial charge < -0.3 is 15.3 Å². The number of carboxylic acid groups (broad SMARTS) is 1. The first kappa shape index (κ1) is 17.6. The smallest absolute Gasteiger partial charge is 0.326 e. The fourth-order valence-corrected chi connectivity index (χ4v) is 3.03. The molecule has 1 atom stereocenters. The number of carbonyl (C=O) groups is 3. The Bertz CT molecular complexity index is 823. The zero-order valence-electron chi connectivity index (χ0n) is 14.1. The van der Waals surface area contributed by atoms with Crippen molar-refractivity contribution >= 4 is 23.5 Å². The van der Waals surface area contributed by atoms with E-state index >= 15 is 0 Å². The van der Waals surface area contributed by atoms with Crippen LogP contribution in [0.2, 0.25) is 0 Å². The lowest BCUT2D eigenvalue weighted by atomic mass is 10.0. The van der Waals surface area contributed by atoms with E-state index in [1.54, 1.807) is 36.4 Å². The lowest BCUT2D eigenvalue weighted by Crippen LogP contribution is -2.48. The summed E-state index contributed by atoms with van der Waals surface area (Å²) in [4.78, 5) is 41.7. The van der Waals surface area contributed by atoms with Gasteiger partial charge in [0, 0.05) is 35.8 Å². The average molecular weight is 353 g/mol. The standard InChI is InChI=1S/C19H19N3O4/c23-17(13-7-9-20-10-8-13)21-15-5-3-4-14(12-15)18(24)22-11-2-1-6-16(22)19(25)26/h3-5,7-10,12,16H,1-2,6,11H2,(H,21,23)(H,25,26). The molecule has 7 heteroatoms. The molecule has 0 spiro atoms. The lowest BCUT2D eigenvalue weighted by Gasteiger charge is -2.33. The van der Waals surface area contributed by atoms with E-state index in [9.17, 15) is 19.5 Å². The van der Waals surface area contributed by atoms with Gasteiger partial charge in [0.15, 0.2) is 0 Å². The van der Waals surface area contributed by atoms with Gasteiger partial charge in [0.05, 0.1) is 0 Å². The number of pyridine rings is 1. The molecule has 0 saturated carbocycles. The molecule has 7 nitrogen and oxygen atoms in total. The molecule has 0 bridgehead atoms. The predicted octanol–water partition coefficient (Wildman–Crippen LogP) is 2.41. The largest absolute Gasteiger partial charge is 0.480 e. The number of rotatable bonds is 4. The summed E-state index contributed by atoms with van der Waals surface area (Å²) in [6, 6.07) is 8.92. The summed E-state index contributed by atoms with van der Waals surface area (Å²) < 4.78 is 0. The van der Waals surface area contributed by atoms with Crippen LogP contribution in [0.15, 0.2) is 48.8 Å². The summed E-state index contributed by atoms with van der Waals surface area (Å²) in [5.41, 5.74) is 1.28.